The molecule has 1 heterocycles. The molecule has 0 spiro atoms. The van der Waals surface area contributed by atoms with Crippen LogP contribution in [0.4, 0.5) is 0 Å². The topological polar surface area (TPSA) is 41.6 Å². The van der Waals surface area contributed by atoms with Gasteiger partial charge in [-0.25, -0.2) is 0 Å². The molecule has 1 aliphatic heterocycles. The van der Waals surface area contributed by atoms with E-state index in [0.29, 0.717) is 6.54 Å². The van der Waals surface area contributed by atoms with Crippen LogP contribution in [0, 0.1) is 5.92 Å². The van der Waals surface area contributed by atoms with Gasteiger partial charge in [0.2, 0.25) is 5.91 Å². The Labute approximate surface area is 114 Å². The van der Waals surface area contributed by atoms with Gasteiger partial charge in [-0.2, -0.15) is 0 Å². The molecule has 4 nitrogen and oxygen atoms in total. The Morgan fingerprint density at radius 3 is 2.79 bits per heavy atom. The van der Waals surface area contributed by atoms with Crippen molar-refractivity contribution in [2.45, 2.75) is 26.5 Å². The Balaban J connectivity index is 1.95. The Hall–Kier alpha value is -1.55. The van der Waals surface area contributed by atoms with E-state index in [0.717, 1.165) is 24.4 Å². The van der Waals surface area contributed by atoms with Crippen molar-refractivity contribution >= 4 is 5.91 Å². The molecule has 2 rings (SSSR count). The fourth-order valence-electron chi connectivity index (χ4n) is 2.12. The minimum atomic E-state index is 0.153. The Bertz CT molecular complexity index is 442. The van der Waals surface area contributed by atoms with Crippen molar-refractivity contribution < 1.29 is 9.53 Å². The van der Waals surface area contributed by atoms with Crippen LogP contribution in [0.1, 0.15) is 19.4 Å². The molecule has 1 aliphatic rings. The van der Waals surface area contributed by atoms with Crippen LogP contribution in [-0.4, -0.2) is 37.0 Å². The number of carbonyl (C=O) groups excluding carboxylic acids is 1. The highest BCUT2D eigenvalue weighted by Crippen LogP contribution is 2.17. The lowest BCUT2D eigenvalue weighted by Crippen LogP contribution is -2.50. The van der Waals surface area contributed by atoms with E-state index in [2.05, 4.69) is 5.32 Å². The van der Waals surface area contributed by atoms with Crippen molar-refractivity contribution in [3.05, 3.63) is 29.8 Å². The fraction of sp³-hybridized carbons (Fsp3) is 0.533. The molecule has 0 saturated carbocycles. The molecule has 1 saturated heterocycles. The summed E-state index contributed by atoms with van der Waals surface area (Å²) in [5, 5.41) is 3.12. The van der Waals surface area contributed by atoms with Gasteiger partial charge in [0.1, 0.15) is 5.75 Å². The number of ether oxygens (including phenoxy) is 1. The van der Waals surface area contributed by atoms with Gasteiger partial charge < -0.3 is 15.0 Å². The number of amides is 1. The lowest BCUT2D eigenvalue weighted by Gasteiger charge is -2.30. The highest BCUT2D eigenvalue weighted by molar-refractivity contribution is 5.79. The molecular weight excluding hydrogens is 240 g/mol. The molecular formula is C15H22N2O2. The lowest BCUT2D eigenvalue weighted by molar-refractivity contribution is -0.136. The molecule has 1 N–H and O–H groups in total. The highest BCUT2D eigenvalue weighted by atomic mass is 16.5. The smallest absolute Gasteiger partial charge is 0.228 e. The van der Waals surface area contributed by atoms with Crippen LogP contribution < -0.4 is 10.1 Å². The quantitative estimate of drug-likeness (QED) is 0.877. The minimum Gasteiger partial charge on any atom is -0.491 e. The van der Waals surface area contributed by atoms with Gasteiger partial charge in [-0.15, -0.1) is 0 Å². The van der Waals surface area contributed by atoms with E-state index in [1.807, 2.05) is 45.2 Å². The third kappa shape index (κ3) is 3.70. The fourth-order valence-corrected chi connectivity index (χ4v) is 2.12. The largest absolute Gasteiger partial charge is 0.491 e. The van der Waals surface area contributed by atoms with E-state index in [1.165, 1.54) is 0 Å². The lowest BCUT2D eigenvalue weighted by atomic mass is 10.0. The van der Waals surface area contributed by atoms with Crippen molar-refractivity contribution in [1.29, 1.82) is 0 Å². The molecule has 0 aliphatic carbocycles. The van der Waals surface area contributed by atoms with Crippen LogP contribution in [0.3, 0.4) is 0 Å². The van der Waals surface area contributed by atoms with Crippen molar-refractivity contribution in [2.75, 3.05) is 20.1 Å². The van der Waals surface area contributed by atoms with E-state index < -0.39 is 0 Å². The second-order valence-corrected chi connectivity index (χ2v) is 5.36. The van der Waals surface area contributed by atoms with Crippen LogP contribution in [-0.2, 0) is 11.3 Å². The van der Waals surface area contributed by atoms with Crippen molar-refractivity contribution in [2.24, 2.45) is 5.92 Å². The summed E-state index contributed by atoms with van der Waals surface area (Å²) in [6.45, 7) is 6.25. The summed E-state index contributed by atoms with van der Waals surface area (Å²) in [6, 6.07) is 7.94. The maximum atomic E-state index is 12.0. The minimum absolute atomic E-state index is 0.153. The molecule has 1 amide bonds. The molecule has 104 valence electrons. The van der Waals surface area contributed by atoms with Crippen molar-refractivity contribution in [1.82, 2.24) is 10.2 Å². The van der Waals surface area contributed by atoms with E-state index in [9.17, 15) is 4.79 Å². The summed E-state index contributed by atoms with van der Waals surface area (Å²) in [5.74, 6) is 1.23. The molecule has 19 heavy (non-hydrogen) atoms. The van der Waals surface area contributed by atoms with Gasteiger partial charge in [0.25, 0.3) is 0 Å². The van der Waals surface area contributed by atoms with E-state index in [4.69, 9.17) is 4.74 Å². The SMILES string of the molecule is CC(C)Oc1cccc(CN(C)C(=O)C2CNC2)c1. The Morgan fingerprint density at radius 1 is 1.47 bits per heavy atom. The Morgan fingerprint density at radius 2 is 2.21 bits per heavy atom. The van der Waals surface area contributed by atoms with Gasteiger partial charge in [-0.1, -0.05) is 12.1 Å². The molecule has 0 bridgehead atoms. The third-order valence-electron chi connectivity index (χ3n) is 3.20. The second-order valence-electron chi connectivity index (χ2n) is 5.36. The molecule has 1 fully saturated rings. The first-order chi connectivity index (χ1) is 9.06. The van der Waals surface area contributed by atoms with Gasteiger partial charge >= 0.3 is 0 Å². The number of hydrogen-bond donors (Lipinski definition) is 1. The van der Waals surface area contributed by atoms with Crippen molar-refractivity contribution in [3.63, 3.8) is 0 Å². The number of carbonyl (C=O) groups is 1. The zero-order valence-corrected chi connectivity index (χ0v) is 11.8. The first-order valence-corrected chi connectivity index (χ1v) is 6.77. The average Bonchev–Trinajstić information content (AvgIpc) is 2.26. The summed E-state index contributed by atoms with van der Waals surface area (Å²) in [4.78, 5) is 13.8. The van der Waals surface area contributed by atoms with Gasteiger partial charge in [0.05, 0.1) is 12.0 Å². The highest BCUT2D eigenvalue weighted by Gasteiger charge is 2.27. The Kier molecular flexibility index (Phi) is 4.43. The summed E-state index contributed by atoms with van der Waals surface area (Å²) in [7, 11) is 1.86. The molecule has 4 heteroatoms. The van der Waals surface area contributed by atoms with Crippen LogP contribution in [0.5, 0.6) is 5.75 Å². The summed E-state index contributed by atoms with van der Waals surface area (Å²) >= 11 is 0. The predicted octanol–water partition coefficient (Wildman–Crippen LogP) is 1.65. The zero-order valence-electron chi connectivity index (χ0n) is 11.8. The molecule has 1 aromatic rings. The van der Waals surface area contributed by atoms with E-state index in [-0.39, 0.29) is 17.9 Å². The molecule has 0 unspecified atom stereocenters. The number of nitrogens with zero attached hydrogens (tertiary/aromatic N) is 1. The van der Waals surface area contributed by atoms with E-state index >= 15 is 0 Å². The molecule has 0 aromatic heterocycles. The predicted molar refractivity (Wildman–Crippen MR) is 75.0 cm³/mol. The second kappa shape index (κ2) is 6.06. The zero-order chi connectivity index (χ0) is 13.8. The molecule has 1 aromatic carbocycles. The maximum Gasteiger partial charge on any atom is 0.228 e. The van der Waals surface area contributed by atoms with Gasteiger partial charge in [-0.05, 0) is 31.5 Å². The summed E-state index contributed by atoms with van der Waals surface area (Å²) in [5.41, 5.74) is 1.10. The van der Waals surface area contributed by atoms with E-state index in [1.54, 1.807) is 4.90 Å². The number of rotatable bonds is 5. The number of nitrogens with one attached hydrogen (secondary N) is 1. The van der Waals surface area contributed by atoms with Crippen LogP contribution in [0.15, 0.2) is 24.3 Å². The summed E-state index contributed by atoms with van der Waals surface area (Å²) in [6.07, 6.45) is 0.163. The van der Waals surface area contributed by atoms with Crippen LogP contribution >= 0.6 is 0 Å². The van der Waals surface area contributed by atoms with Gasteiger partial charge in [0, 0.05) is 26.7 Å². The van der Waals surface area contributed by atoms with Crippen molar-refractivity contribution in [3.8, 4) is 5.75 Å². The van der Waals surface area contributed by atoms with Gasteiger partial charge in [-0.3, -0.25) is 4.79 Å². The van der Waals surface area contributed by atoms with Crippen LogP contribution in [0.2, 0.25) is 0 Å². The first kappa shape index (κ1) is 13.9. The normalized spacial score (nSPS) is 15.2. The third-order valence-corrected chi connectivity index (χ3v) is 3.20. The monoisotopic (exact) mass is 262 g/mol. The van der Waals surface area contributed by atoms with Gasteiger partial charge in [0.15, 0.2) is 0 Å². The standard InChI is InChI=1S/C15H22N2O2/c1-11(2)19-14-6-4-5-12(7-14)10-17(3)15(18)13-8-16-9-13/h4-7,11,13,16H,8-10H2,1-3H3. The first-order valence-electron chi connectivity index (χ1n) is 6.77. The summed E-state index contributed by atoms with van der Waals surface area (Å²) < 4.78 is 5.66. The number of benzene rings is 1. The molecule has 0 radical (unpaired) electrons. The molecule has 0 atom stereocenters. The van der Waals surface area contributed by atoms with Crippen LogP contribution in [0.25, 0.3) is 0 Å². The average molecular weight is 262 g/mol. The number of hydrogen-bond acceptors (Lipinski definition) is 3. The maximum absolute atomic E-state index is 12.0.